The van der Waals surface area contributed by atoms with Crippen LogP contribution in [0, 0.1) is 0 Å². The second-order valence-electron chi connectivity index (χ2n) is 3.63. The molecule has 1 atom stereocenters. The zero-order valence-corrected chi connectivity index (χ0v) is 9.36. The lowest BCUT2D eigenvalue weighted by molar-refractivity contribution is 0.160. The maximum absolute atomic E-state index is 9.46. The Morgan fingerprint density at radius 3 is 2.80 bits per heavy atom. The van der Waals surface area contributed by atoms with Crippen molar-refractivity contribution in [1.29, 1.82) is 0 Å². The van der Waals surface area contributed by atoms with Crippen LogP contribution in [0.2, 0.25) is 0 Å². The highest BCUT2D eigenvalue weighted by Crippen LogP contribution is 2.25. The lowest BCUT2D eigenvalue weighted by Gasteiger charge is -2.11. The Morgan fingerprint density at radius 1 is 1.47 bits per heavy atom. The molecule has 0 fully saturated rings. The average molecular weight is 209 g/mol. The van der Waals surface area contributed by atoms with E-state index in [4.69, 9.17) is 10.5 Å². The van der Waals surface area contributed by atoms with Crippen molar-refractivity contribution < 1.29 is 9.84 Å². The van der Waals surface area contributed by atoms with E-state index in [0.29, 0.717) is 11.4 Å². The number of hydrogen-bond donors (Lipinski definition) is 2. The van der Waals surface area contributed by atoms with Gasteiger partial charge in [0.15, 0.2) is 0 Å². The summed E-state index contributed by atoms with van der Waals surface area (Å²) in [6.45, 7) is 1.97. The summed E-state index contributed by atoms with van der Waals surface area (Å²) in [6.07, 6.45) is 2.08. The number of para-hydroxylation sites is 1. The standard InChI is InChI=1S/C12H19NO2/c1-3-10(14)8-7-9-5-4-6-11(15-2)12(9)13/h4-6,10,14H,3,7-8,13H2,1-2H3. The summed E-state index contributed by atoms with van der Waals surface area (Å²) < 4.78 is 5.13. The summed E-state index contributed by atoms with van der Waals surface area (Å²) in [5.41, 5.74) is 7.64. The van der Waals surface area contributed by atoms with Gasteiger partial charge in [-0.15, -0.1) is 0 Å². The van der Waals surface area contributed by atoms with Crippen LogP contribution < -0.4 is 10.5 Å². The Balaban J connectivity index is 2.68. The fourth-order valence-corrected chi connectivity index (χ4v) is 1.51. The van der Waals surface area contributed by atoms with Crippen LogP contribution in [-0.4, -0.2) is 18.3 Å². The third-order valence-corrected chi connectivity index (χ3v) is 2.59. The van der Waals surface area contributed by atoms with Gasteiger partial charge >= 0.3 is 0 Å². The van der Waals surface area contributed by atoms with Crippen LogP contribution >= 0.6 is 0 Å². The number of nitrogens with two attached hydrogens (primary N) is 1. The number of nitrogen functional groups attached to an aromatic ring is 1. The Labute approximate surface area is 90.9 Å². The van der Waals surface area contributed by atoms with E-state index >= 15 is 0 Å². The van der Waals surface area contributed by atoms with Gasteiger partial charge in [0.25, 0.3) is 0 Å². The van der Waals surface area contributed by atoms with Crippen LogP contribution in [0.15, 0.2) is 18.2 Å². The second kappa shape index (κ2) is 5.61. The molecule has 1 rings (SSSR count). The Morgan fingerprint density at radius 2 is 2.20 bits per heavy atom. The number of rotatable bonds is 5. The number of benzene rings is 1. The van der Waals surface area contributed by atoms with Gasteiger partial charge in [0.2, 0.25) is 0 Å². The van der Waals surface area contributed by atoms with Gasteiger partial charge in [-0.05, 0) is 30.9 Å². The van der Waals surface area contributed by atoms with Crippen LogP contribution in [0.3, 0.4) is 0 Å². The summed E-state index contributed by atoms with van der Waals surface area (Å²) in [4.78, 5) is 0. The molecule has 0 aliphatic carbocycles. The molecule has 3 heteroatoms. The van der Waals surface area contributed by atoms with Crippen molar-refractivity contribution in [3.63, 3.8) is 0 Å². The van der Waals surface area contributed by atoms with Gasteiger partial charge in [0.05, 0.1) is 18.9 Å². The zero-order chi connectivity index (χ0) is 11.3. The molecule has 15 heavy (non-hydrogen) atoms. The highest BCUT2D eigenvalue weighted by molar-refractivity contribution is 5.58. The third-order valence-electron chi connectivity index (χ3n) is 2.59. The lowest BCUT2D eigenvalue weighted by atomic mass is 10.0. The van der Waals surface area contributed by atoms with E-state index < -0.39 is 0 Å². The first-order chi connectivity index (χ1) is 7.19. The van der Waals surface area contributed by atoms with Gasteiger partial charge in [0.1, 0.15) is 5.75 Å². The van der Waals surface area contributed by atoms with E-state index in [1.54, 1.807) is 7.11 Å². The van der Waals surface area contributed by atoms with Gasteiger partial charge in [-0.25, -0.2) is 0 Å². The molecule has 0 aliphatic heterocycles. The summed E-state index contributed by atoms with van der Waals surface area (Å²) in [7, 11) is 1.61. The highest BCUT2D eigenvalue weighted by Gasteiger charge is 2.07. The lowest BCUT2D eigenvalue weighted by Crippen LogP contribution is -2.07. The molecule has 1 aromatic carbocycles. The number of aliphatic hydroxyl groups excluding tert-OH is 1. The molecule has 0 radical (unpaired) electrons. The molecule has 0 saturated heterocycles. The van der Waals surface area contributed by atoms with Crippen molar-refractivity contribution in [3.05, 3.63) is 23.8 Å². The molecule has 0 bridgehead atoms. The predicted molar refractivity (Wildman–Crippen MR) is 62.0 cm³/mol. The first-order valence-corrected chi connectivity index (χ1v) is 5.28. The van der Waals surface area contributed by atoms with Crippen molar-refractivity contribution in [2.24, 2.45) is 0 Å². The van der Waals surface area contributed by atoms with E-state index in [0.717, 1.165) is 24.8 Å². The Bertz CT molecular complexity index is 312. The molecule has 3 nitrogen and oxygen atoms in total. The summed E-state index contributed by atoms with van der Waals surface area (Å²) in [5, 5.41) is 9.46. The van der Waals surface area contributed by atoms with Crippen LogP contribution in [0.1, 0.15) is 25.3 Å². The molecule has 0 heterocycles. The normalized spacial score (nSPS) is 12.5. The maximum atomic E-state index is 9.46. The van der Waals surface area contributed by atoms with Crippen LogP contribution in [0.4, 0.5) is 5.69 Å². The first kappa shape index (κ1) is 11.9. The number of aliphatic hydroxyl groups is 1. The minimum absolute atomic E-state index is 0.240. The molecule has 0 aliphatic rings. The van der Waals surface area contributed by atoms with E-state index in [1.165, 1.54) is 0 Å². The topological polar surface area (TPSA) is 55.5 Å². The molecule has 1 unspecified atom stereocenters. The molecular weight excluding hydrogens is 190 g/mol. The van der Waals surface area contributed by atoms with E-state index in [9.17, 15) is 5.11 Å². The molecule has 1 aromatic rings. The number of methoxy groups -OCH3 is 1. The fourth-order valence-electron chi connectivity index (χ4n) is 1.51. The quantitative estimate of drug-likeness (QED) is 0.729. The predicted octanol–water partition coefficient (Wildman–Crippen LogP) is 1.98. The number of hydrogen-bond acceptors (Lipinski definition) is 3. The van der Waals surface area contributed by atoms with Gasteiger partial charge in [-0.2, -0.15) is 0 Å². The van der Waals surface area contributed by atoms with Crippen LogP contribution in [-0.2, 0) is 6.42 Å². The van der Waals surface area contributed by atoms with E-state index in [-0.39, 0.29) is 6.10 Å². The molecule has 0 amide bonds. The Hall–Kier alpha value is -1.22. The fraction of sp³-hybridized carbons (Fsp3) is 0.500. The van der Waals surface area contributed by atoms with E-state index in [1.807, 2.05) is 25.1 Å². The maximum Gasteiger partial charge on any atom is 0.142 e. The smallest absolute Gasteiger partial charge is 0.142 e. The molecule has 0 aromatic heterocycles. The monoisotopic (exact) mass is 209 g/mol. The zero-order valence-electron chi connectivity index (χ0n) is 9.36. The number of ether oxygens (including phenoxy) is 1. The number of aryl methyl sites for hydroxylation is 1. The van der Waals surface area contributed by atoms with Gasteiger partial charge < -0.3 is 15.6 Å². The molecule has 84 valence electrons. The van der Waals surface area contributed by atoms with Crippen molar-refractivity contribution >= 4 is 5.69 Å². The second-order valence-corrected chi connectivity index (χ2v) is 3.63. The molecular formula is C12H19NO2. The van der Waals surface area contributed by atoms with Gasteiger partial charge in [-0.1, -0.05) is 19.1 Å². The van der Waals surface area contributed by atoms with Crippen LogP contribution in [0.25, 0.3) is 0 Å². The summed E-state index contributed by atoms with van der Waals surface area (Å²) >= 11 is 0. The third kappa shape index (κ3) is 3.13. The number of anilines is 1. The largest absolute Gasteiger partial charge is 0.495 e. The Kier molecular flexibility index (Phi) is 4.43. The highest BCUT2D eigenvalue weighted by atomic mass is 16.5. The summed E-state index contributed by atoms with van der Waals surface area (Å²) in [6, 6.07) is 5.73. The molecule has 3 N–H and O–H groups in total. The SMILES string of the molecule is CCC(O)CCc1cccc(OC)c1N. The van der Waals surface area contributed by atoms with Crippen molar-refractivity contribution in [1.82, 2.24) is 0 Å². The van der Waals surface area contributed by atoms with Crippen molar-refractivity contribution in [2.45, 2.75) is 32.3 Å². The van der Waals surface area contributed by atoms with Crippen LogP contribution in [0.5, 0.6) is 5.75 Å². The average Bonchev–Trinajstić information content (AvgIpc) is 2.27. The van der Waals surface area contributed by atoms with Gasteiger partial charge in [0, 0.05) is 0 Å². The van der Waals surface area contributed by atoms with Crippen molar-refractivity contribution in [2.75, 3.05) is 12.8 Å². The van der Waals surface area contributed by atoms with Crippen molar-refractivity contribution in [3.8, 4) is 5.75 Å². The molecule has 0 spiro atoms. The minimum Gasteiger partial charge on any atom is -0.495 e. The van der Waals surface area contributed by atoms with E-state index in [2.05, 4.69) is 0 Å². The minimum atomic E-state index is -0.240. The van der Waals surface area contributed by atoms with Gasteiger partial charge in [-0.3, -0.25) is 0 Å². The first-order valence-electron chi connectivity index (χ1n) is 5.28. The summed E-state index contributed by atoms with van der Waals surface area (Å²) in [5.74, 6) is 0.707. The molecule has 0 saturated carbocycles.